The number of hydrazone groups is 1. The number of carbonyl (C=O) groups excluding carboxylic acids is 1. The van der Waals surface area contributed by atoms with Gasteiger partial charge in [-0.2, -0.15) is 5.10 Å². The summed E-state index contributed by atoms with van der Waals surface area (Å²) in [5.74, 6) is 0.334. The average Bonchev–Trinajstić information content (AvgIpc) is 2.48. The van der Waals surface area contributed by atoms with Crippen molar-refractivity contribution in [1.82, 2.24) is 10.4 Å². The quantitative estimate of drug-likeness (QED) is 0.491. The molecule has 0 unspecified atom stereocenters. The lowest BCUT2D eigenvalue weighted by molar-refractivity contribution is -0.123. The summed E-state index contributed by atoms with van der Waals surface area (Å²) in [6.07, 6.45) is 4.85. The van der Waals surface area contributed by atoms with E-state index in [4.69, 9.17) is 4.74 Å². The summed E-state index contributed by atoms with van der Waals surface area (Å²) in [7, 11) is 0. The standard InChI is InChI=1S/C14H12IN3O2/c15-12-3-5-13(6-4-12)20-10-14(19)18-17-9-11-2-1-7-16-8-11/h1-9H,10H2,(H,18,19)/b17-9-. The molecule has 0 fully saturated rings. The fourth-order valence-electron chi connectivity index (χ4n) is 1.34. The first-order valence-electron chi connectivity index (χ1n) is 5.84. The van der Waals surface area contributed by atoms with Crippen LogP contribution in [0.1, 0.15) is 5.56 Å². The van der Waals surface area contributed by atoms with Crippen molar-refractivity contribution >= 4 is 34.7 Å². The van der Waals surface area contributed by atoms with Gasteiger partial charge in [0.15, 0.2) is 6.61 Å². The number of halogens is 1. The molecular formula is C14H12IN3O2. The third-order valence-electron chi connectivity index (χ3n) is 2.27. The van der Waals surface area contributed by atoms with E-state index in [-0.39, 0.29) is 12.5 Å². The van der Waals surface area contributed by atoms with Crippen LogP contribution in [0.15, 0.2) is 53.9 Å². The number of hydrogen-bond acceptors (Lipinski definition) is 4. The Balaban J connectivity index is 1.76. The number of amides is 1. The van der Waals surface area contributed by atoms with E-state index in [2.05, 4.69) is 38.1 Å². The first kappa shape index (κ1) is 14.4. The van der Waals surface area contributed by atoms with Gasteiger partial charge in [-0.05, 0) is 52.9 Å². The van der Waals surface area contributed by atoms with Crippen molar-refractivity contribution < 1.29 is 9.53 Å². The number of rotatable bonds is 5. The molecule has 0 radical (unpaired) electrons. The minimum absolute atomic E-state index is 0.0784. The number of hydrogen-bond donors (Lipinski definition) is 1. The van der Waals surface area contributed by atoms with Crippen molar-refractivity contribution in [3.05, 3.63) is 57.9 Å². The molecule has 0 bridgehead atoms. The number of nitrogens with one attached hydrogen (secondary N) is 1. The lowest BCUT2D eigenvalue weighted by Gasteiger charge is -2.04. The van der Waals surface area contributed by atoms with Crippen molar-refractivity contribution in [2.24, 2.45) is 5.10 Å². The fourth-order valence-corrected chi connectivity index (χ4v) is 1.70. The second kappa shape index (κ2) is 7.59. The molecule has 0 aliphatic carbocycles. The highest BCUT2D eigenvalue weighted by atomic mass is 127. The zero-order chi connectivity index (χ0) is 14.2. The Labute approximate surface area is 130 Å². The summed E-state index contributed by atoms with van der Waals surface area (Å²) in [6, 6.07) is 11.1. The Bertz CT molecular complexity index is 585. The maximum Gasteiger partial charge on any atom is 0.277 e. The van der Waals surface area contributed by atoms with Crippen LogP contribution >= 0.6 is 22.6 Å². The van der Waals surface area contributed by atoms with E-state index in [0.29, 0.717) is 5.75 Å². The molecule has 0 saturated carbocycles. The number of aromatic nitrogens is 1. The van der Waals surface area contributed by atoms with E-state index in [0.717, 1.165) is 9.13 Å². The molecule has 1 amide bonds. The molecular weight excluding hydrogens is 369 g/mol. The van der Waals surface area contributed by atoms with Crippen molar-refractivity contribution in [1.29, 1.82) is 0 Å². The molecule has 0 aliphatic rings. The molecule has 1 aromatic heterocycles. The lowest BCUT2D eigenvalue weighted by atomic mass is 10.3. The van der Waals surface area contributed by atoms with Gasteiger partial charge in [0.25, 0.3) is 5.91 Å². The summed E-state index contributed by atoms with van der Waals surface area (Å²) in [5, 5.41) is 3.82. The zero-order valence-corrected chi connectivity index (χ0v) is 12.6. The minimum Gasteiger partial charge on any atom is -0.484 e. The molecule has 5 nitrogen and oxygen atoms in total. The highest BCUT2D eigenvalue weighted by Gasteiger charge is 2.01. The Hall–Kier alpha value is -1.96. The Kier molecular flexibility index (Phi) is 5.48. The Morgan fingerprint density at radius 2 is 2.15 bits per heavy atom. The number of nitrogens with zero attached hydrogens (tertiary/aromatic N) is 2. The molecule has 2 aromatic rings. The van der Waals surface area contributed by atoms with E-state index in [1.165, 1.54) is 6.21 Å². The second-order valence-corrected chi connectivity index (χ2v) is 5.07. The topological polar surface area (TPSA) is 63.6 Å². The first-order chi connectivity index (χ1) is 9.74. The van der Waals surface area contributed by atoms with Crippen LogP contribution in [-0.4, -0.2) is 23.7 Å². The molecule has 0 spiro atoms. The molecule has 1 aromatic carbocycles. The van der Waals surface area contributed by atoms with Gasteiger partial charge in [0.2, 0.25) is 0 Å². The summed E-state index contributed by atoms with van der Waals surface area (Å²) in [6.45, 7) is -0.0784. The van der Waals surface area contributed by atoms with Crippen molar-refractivity contribution in [3.63, 3.8) is 0 Å². The van der Waals surface area contributed by atoms with Gasteiger partial charge in [0.05, 0.1) is 6.21 Å². The van der Waals surface area contributed by atoms with Gasteiger partial charge in [0.1, 0.15) is 5.75 Å². The highest BCUT2D eigenvalue weighted by Crippen LogP contribution is 2.13. The smallest absolute Gasteiger partial charge is 0.277 e. The summed E-state index contributed by atoms with van der Waals surface area (Å²) in [4.78, 5) is 15.4. The van der Waals surface area contributed by atoms with E-state index >= 15 is 0 Å². The molecule has 102 valence electrons. The average molecular weight is 381 g/mol. The van der Waals surface area contributed by atoms with Gasteiger partial charge < -0.3 is 4.74 Å². The largest absolute Gasteiger partial charge is 0.484 e. The van der Waals surface area contributed by atoms with Crippen LogP contribution in [0.5, 0.6) is 5.75 Å². The molecule has 0 atom stereocenters. The van der Waals surface area contributed by atoms with Crippen LogP contribution in [0.2, 0.25) is 0 Å². The van der Waals surface area contributed by atoms with Crippen molar-refractivity contribution in [2.45, 2.75) is 0 Å². The van der Waals surface area contributed by atoms with Crippen LogP contribution in [0.3, 0.4) is 0 Å². The summed E-state index contributed by atoms with van der Waals surface area (Å²) >= 11 is 2.20. The van der Waals surface area contributed by atoms with E-state index in [1.807, 2.05) is 30.3 Å². The number of pyridine rings is 1. The third-order valence-corrected chi connectivity index (χ3v) is 2.99. The molecule has 0 saturated heterocycles. The number of carbonyl (C=O) groups is 1. The van der Waals surface area contributed by atoms with E-state index < -0.39 is 0 Å². The van der Waals surface area contributed by atoms with E-state index in [9.17, 15) is 4.79 Å². The number of benzene rings is 1. The van der Waals surface area contributed by atoms with Gasteiger partial charge in [-0.3, -0.25) is 9.78 Å². The third kappa shape index (κ3) is 4.96. The van der Waals surface area contributed by atoms with Gasteiger partial charge in [0, 0.05) is 21.5 Å². The van der Waals surface area contributed by atoms with Crippen LogP contribution in [-0.2, 0) is 4.79 Å². The maximum absolute atomic E-state index is 11.5. The van der Waals surface area contributed by atoms with Crippen LogP contribution in [0.25, 0.3) is 0 Å². The molecule has 1 heterocycles. The van der Waals surface area contributed by atoms with Gasteiger partial charge >= 0.3 is 0 Å². The molecule has 0 aliphatic heterocycles. The monoisotopic (exact) mass is 381 g/mol. The van der Waals surface area contributed by atoms with Gasteiger partial charge in [-0.1, -0.05) is 6.07 Å². The predicted molar refractivity (Wildman–Crippen MR) is 84.6 cm³/mol. The van der Waals surface area contributed by atoms with Crippen molar-refractivity contribution in [3.8, 4) is 5.75 Å². The predicted octanol–water partition coefficient (Wildman–Crippen LogP) is 2.22. The van der Waals surface area contributed by atoms with Crippen molar-refractivity contribution in [2.75, 3.05) is 6.61 Å². The normalized spacial score (nSPS) is 10.4. The van der Waals surface area contributed by atoms with Gasteiger partial charge in [-0.25, -0.2) is 5.43 Å². The first-order valence-corrected chi connectivity index (χ1v) is 6.92. The fraction of sp³-hybridized carbons (Fsp3) is 0.0714. The van der Waals surface area contributed by atoms with Crippen LogP contribution in [0.4, 0.5) is 0 Å². The molecule has 2 rings (SSSR count). The summed E-state index contributed by atoms with van der Waals surface area (Å²) < 4.78 is 6.44. The SMILES string of the molecule is O=C(COc1ccc(I)cc1)N/N=C\c1cccnc1. The molecule has 20 heavy (non-hydrogen) atoms. The van der Waals surface area contributed by atoms with Crippen LogP contribution in [0, 0.1) is 3.57 Å². The van der Waals surface area contributed by atoms with Crippen LogP contribution < -0.4 is 10.2 Å². The van der Waals surface area contributed by atoms with Gasteiger partial charge in [-0.15, -0.1) is 0 Å². The molecule has 1 N–H and O–H groups in total. The maximum atomic E-state index is 11.5. The zero-order valence-electron chi connectivity index (χ0n) is 10.5. The Morgan fingerprint density at radius 1 is 1.35 bits per heavy atom. The minimum atomic E-state index is -0.316. The second-order valence-electron chi connectivity index (χ2n) is 3.82. The van der Waals surface area contributed by atoms with E-state index in [1.54, 1.807) is 18.5 Å². The highest BCUT2D eigenvalue weighted by molar-refractivity contribution is 14.1. The molecule has 6 heteroatoms. The number of ether oxygens (including phenoxy) is 1. The Morgan fingerprint density at radius 3 is 2.85 bits per heavy atom. The lowest BCUT2D eigenvalue weighted by Crippen LogP contribution is -2.24. The summed E-state index contributed by atoms with van der Waals surface area (Å²) in [5.41, 5.74) is 3.20.